The number of nitrogens with one attached hydrogen (secondary N) is 1. The fourth-order valence-electron chi connectivity index (χ4n) is 2.24. The van der Waals surface area contributed by atoms with Crippen LogP contribution in [0.4, 0.5) is 4.79 Å². The van der Waals surface area contributed by atoms with Crippen molar-refractivity contribution in [1.82, 2.24) is 10.2 Å². The molecule has 0 aromatic heterocycles. The molecule has 0 spiro atoms. The quantitative estimate of drug-likeness (QED) is 0.758. The number of carbonyl (C=O) groups is 1. The van der Waals surface area contributed by atoms with Crippen LogP contribution in [0.1, 0.15) is 46.5 Å². The summed E-state index contributed by atoms with van der Waals surface area (Å²) in [5, 5.41) is 12.0. The molecule has 0 aromatic carbocycles. The second-order valence-corrected chi connectivity index (χ2v) is 6.51. The summed E-state index contributed by atoms with van der Waals surface area (Å²) in [5.74, 6) is 0.384. The molecule has 0 atom stereocenters. The molecular weight excluding hydrogens is 228 g/mol. The van der Waals surface area contributed by atoms with E-state index in [9.17, 15) is 4.79 Å². The Balaban J connectivity index is 2.14. The van der Waals surface area contributed by atoms with E-state index in [0.717, 1.165) is 45.3 Å². The molecule has 2 amide bonds. The summed E-state index contributed by atoms with van der Waals surface area (Å²) in [6.07, 6.45) is 4.00. The van der Waals surface area contributed by atoms with Gasteiger partial charge in [-0.05, 0) is 37.0 Å². The van der Waals surface area contributed by atoms with Gasteiger partial charge in [0.2, 0.25) is 0 Å². The first kappa shape index (κ1) is 15.3. The van der Waals surface area contributed by atoms with Crippen molar-refractivity contribution >= 4 is 6.03 Å². The summed E-state index contributed by atoms with van der Waals surface area (Å²) in [6.45, 7) is 9.21. The van der Waals surface area contributed by atoms with Crippen LogP contribution in [0.3, 0.4) is 0 Å². The molecule has 1 saturated heterocycles. The van der Waals surface area contributed by atoms with Gasteiger partial charge in [0.1, 0.15) is 0 Å². The first-order valence-corrected chi connectivity index (χ1v) is 7.06. The monoisotopic (exact) mass is 256 g/mol. The Morgan fingerprint density at radius 2 is 1.94 bits per heavy atom. The van der Waals surface area contributed by atoms with Gasteiger partial charge in [-0.1, -0.05) is 20.8 Å². The van der Waals surface area contributed by atoms with Crippen molar-refractivity contribution in [3.63, 3.8) is 0 Å². The van der Waals surface area contributed by atoms with Crippen LogP contribution in [0.25, 0.3) is 0 Å². The molecular formula is C14H28N2O2. The van der Waals surface area contributed by atoms with Gasteiger partial charge in [0.15, 0.2) is 0 Å². The molecule has 4 heteroatoms. The molecule has 106 valence electrons. The summed E-state index contributed by atoms with van der Waals surface area (Å²) in [7, 11) is 0. The average Bonchev–Trinajstić information content (AvgIpc) is 2.33. The zero-order valence-corrected chi connectivity index (χ0v) is 12.0. The minimum absolute atomic E-state index is 0.0558. The van der Waals surface area contributed by atoms with Gasteiger partial charge in [0, 0.05) is 26.2 Å². The van der Waals surface area contributed by atoms with E-state index in [-0.39, 0.29) is 12.6 Å². The molecule has 1 aliphatic heterocycles. The summed E-state index contributed by atoms with van der Waals surface area (Å²) in [5.41, 5.74) is 0.337. The minimum Gasteiger partial charge on any atom is -0.396 e. The predicted octanol–water partition coefficient (Wildman–Crippen LogP) is 2.23. The zero-order chi connectivity index (χ0) is 13.6. The first-order chi connectivity index (χ1) is 8.42. The van der Waals surface area contributed by atoms with Crippen LogP contribution in [0.15, 0.2) is 0 Å². The highest BCUT2D eigenvalue weighted by atomic mass is 16.3. The lowest BCUT2D eigenvalue weighted by Crippen LogP contribution is -2.45. The SMILES string of the molecule is CC(C)(C)CCCNC(=O)N1CCC(CO)CC1. The van der Waals surface area contributed by atoms with Gasteiger partial charge in [-0.2, -0.15) is 0 Å². The third-order valence-electron chi connectivity index (χ3n) is 3.54. The van der Waals surface area contributed by atoms with Crippen LogP contribution >= 0.6 is 0 Å². The molecule has 0 unspecified atom stereocenters. The van der Waals surface area contributed by atoms with Crippen molar-refractivity contribution < 1.29 is 9.90 Å². The van der Waals surface area contributed by atoms with E-state index in [2.05, 4.69) is 26.1 Å². The molecule has 2 N–H and O–H groups in total. The number of aliphatic hydroxyl groups is 1. The number of amides is 2. The third kappa shape index (κ3) is 5.71. The second kappa shape index (κ2) is 6.98. The van der Waals surface area contributed by atoms with E-state index in [1.807, 2.05) is 4.90 Å². The Bertz CT molecular complexity index is 253. The Labute approximate surface area is 111 Å². The smallest absolute Gasteiger partial charge is 0.317 e. The summed E-state index contributed by atoms with van der Waals surface area (Å²) < 4.78 is 0. The molecule has 4 nitrogen and oxygen atoms in total. The van der Waals surface area contributed by atoms with Crippen LogP contribution in [0.5, 0.6) is 0 Å². The van der Waals surface area contributed by atoms with E-state index in [1.165, 1.54) is 0 Å². The lowest BCUT2D eigenvalue weighted by molar-refractivity contribution is 0.137. The van der Waals surface area contributed by atoms with Crippen molar-refractivity contribution in [2.45, 2.75) is 46.5 Å². The molecule has 1 fully saturated rings. The number of piperidine rings is 1. The predicted molar refractivity (Wildman–Crippen MR) is 73.5 cm³/mol. The van der Waals surface area contributed by atoms with E-state index >= 15 is 0 Å². The number of rotatable bonds is 4. The number of hydrogen-bond acceptors (Lipinski definition) is 2. The highest BCUT2D eigenvalue weighted by molar-refractivity contribution is 5.74. The van der Waals surface area contributed by atoms with Crippen molar-refractivity contribution in [2.75, 3.05) is 26.2 Å². The van der Waals surface area contributed by atoms with Gasteiger partial charge in [-0.15, -0.1) is 0 Å². The molecule has 1 heterocycles. The maximum atomic E-state index is 11.9. The van der Waals surface area contributed by atoms with Crippen LogP contribution in [0, 0.1) is 11.3 Å². The molecule has 0 radical (unpaired) electrons. The molecule has 18 heavy (non-hydrogen) atoms. The molecule has 0 bridgehead atoms. The van der Waals surface area contributed by atoms with Crippen molar-refractivity contribution in [3.05, 3.63) is 0 Å². The highest BCUT2D eigenvalue weighted by Crippen LogP contribution is 2.20. The van der Waals surface area contributed by atoms with Gasteiger partial charge < -0.3 is 15.3 Å². The molecule has 0 aliphatic carbocycles. The zero-order valence-electron chi connectivity index (χ0n) is 12.0. The molecule has 1 aliphatic rings. The summed E-state index contributed by atoms with van der Waals surface area (Å²) >= 11 is 0. The number of urea groups is 1. The van der Waals surface area contributed by atoms with Crippen molar-refractivity contribution in [1.29, 1.82) is 0 Å². The lowest BCUT2D eigenvalue weighted by Gasteiger charge is -2.31. The Morgan fingerprint density at radius 3 is 2.44 bits per heavy atom. The fraction of sp³-hybridized carbons (Fsp3) is 0.929. The van der Waals surface area contributed by atoms with E-state index in [1.54, 1.807) is 0 Å². The average molecular weight is 256 g/mol. The maximum absolute atomic E-state index is 11.9. The highest BCUT2D eigenvalue weighted by Gasteiger charge is 2.21. The largest absolute Gasteiger partial charge is 0.396 e. The third-order valence-corrected chi connectivity index (χ3v) is 3.54. The van der Waals surface area contributed by atoms with Gasteiger partial charge in [0.25, 0.3) is 0 Å². The van der Waals surface area contributed by atoms with Crippen molar-refractivity contribution in [3.8, 4) is 0 Å². The number of aliphatic hydroxyl groups excluding tert-OH is 1. The number of hydrogen-bond donors (Lipinski definition) is 2. The lowest BCUT2D eigenvalue weighted by atomic mass is 9.91. The molecule has 1 rings (SSSR count). The number of likely N-dealkylation sites (tertiary alicyclic amines) is 1. The second-order valence-electron chi connectivity index (χ2n) is 6.51. The topological polar surface area (TPSA) is 52.6 Å². The Hall–Kier alpha value is -0.770. The fourth-order valence-corrected chi connectivity index (χ4v) is 2.24. The van der Waals surface area contributed by atoms with Crippen LogP contribution < -0.4 is 5.32 Å². The maximum Gasteiger partial charge on any atom is 0.317 e. The van der Waals surface area contributed by atoms with Crippen LogP contribution in [-0.4, -0.2) is 42.3 Å². The molecule has 0 saturated carbocycles. The standard InChI is InChI=1S/C14H28N2O2/c1-14(2,3)7-4-8-15-13(18)16-9-5-12(11-17)6-10-16/h12,17H,4-11H2,1-3H3,(H,15,18). The minimum atomic E-state index is 0.0558. The van der Waals surface area contributed by atoms with Gasteiger partial charge in [-0.25, -0.2) is 4.79 Å². The van der Waals surface area contributed by atoms with E-state index in [4.69, 9.17) is 5.11 Å². The normalized spacial score (nSPS) is 17.9. The summed E-state index contributed by atoms with van der Waals surface area (Å²) in [4.78, 5) is 13.7. The summed E-state index contributed by atoms with van der Waals surface area (Å²) in [6, 6.07) is 0.0558. The number of nitrogens with zero attached hydrogens (tertiary/aromatic N) is 1. The van der Waals surface area contributed by atoms with E-state index in [0.29, 0.717) is 11.3 Å². The van der Waals surface area contributed by atoms with E-state index < -0.39 is 0 Å². The van der Waals surface area contributed by atoms with Gasteiger partial charge >= 0.3 is 6.03 Å². The Morgan fingerprint density at radius 1 is 1.33 bits per heavy atom. The van der Waals surface area contributed by atoms with Gasteiger partial charge in [0.05, 0.1) is 0 Å². The first-order valence-electron chi connectivity index (χ1n) is 7.06. The van der Waals surface area contributed by atoms with Crippen LogP contribution in [-0.2, 0) is 0 Å². The van der Waals surface area contributed by atoms with Crippen molar-refractivity contribution in [2.24, 2.45) is 11.3 Å². The molecule has 0 aromatic rings. The van der Waals surface area contributed by atoms with Gasteiger partial charge in [-0.3, -0.25) is 0 Å². The Kier molecular flexibility index (Phi) is 5.93. The number of carbonyl (C=O) groups excluding carboxylic acids is 1. The van der Waals surface area contributed by atoms with Crippen LogP contribution in [0.2, 0.25) is 0 Å².